The highest BCUT2D eigenvalue weighted by Gasteiger charge is 2.15. The number of nitrogens with zero attached hydrogens (tertiary/aromatic N) is 2. The molecule has 2 heterocycles. The molecule has 1 aromatic carbocycles. The Morgan fingerprint density at radius 1 is 1.27 bits per heavy atom. The van der Waals surface area contributed by atoms with E-state index in [0.717, 1.165) is 11.3 Å². The maximum absolute atomic E-state index is 12.6. The molecule has 2 aromatic heterocycles. The number of aryl methyl sites for hydroxylation is 3. The number of amides is 1. The molecule has 0 unspecified atom stereocenters. The smallest absolute Gasteiger partial charge is 0.282 e. The molecule has 1 N–H and O–H groups in total. The van der Waals surface area contributed by atoms with Crippen molar-refractivity contribution in [2.75, 3.05) is 5.32 Å². The lowest BCUT2D eigenvalue weighted by molar-refractivity contribution is 0.102. The van der Waals surface area contributed by atoms with Gasteiger partial charge in [0.2, 0.25) is 0 Å². The van der Waals surface area contributed by atoms with E-state index in [1.54, 1.807) is 19.1 Å². The number of carbonyl (C=O) groups excluding carboxylic acids is 1. The van der Waals surface area contributed by atoms with Gasteiger partial charge in [-0.2, -0.15) is 0 Å². The highest BCUT2D eigenvalue weighted by Crippen LogP contribution is 2.16. The van der Waals surface area contributed by atoms with Crippen LogP contribution in [0.3, 0.4) is 0 Å². The number of fused-ring (bicyclic) bond motifs is 1. The Morgan fingerprint density at radius 3 is 2.77 bits per heavy atom. The molecule has 0 radical (unpaired) electrons. The molecule has 0 atom stereocenters. The van der Waals surface area contributed by atoms with Gasteiger partial charge in [-0.15, -0.1) is 11.3 Å². The van der Waals surface area contributed by atoms with Crippen molar-refractivity contribution in [3.63, 3.8) is 0 Å². The van der Waals surface area contributed by atoms with Gasteiger partial charge in [-0.25, -0.2) is 4.98 Å². The maximum atomic E-state index is 12.6. The summed E-state index contributed by atoms with van der Waals surface area (Å²) in [6, 6.07) is 7.23. The summed E-state index contributed by atoms with van der Waals surface area (Å²) in [7, 11) is 0. The van der Waals surface area contributed by atoms with Crippen LogP contribution in [0.4, 0.5) is 5.69 Å². The molecule has 0 aliphatic carbocycles. The molecule has 0 aliphatic rings. The van der Waals surface area contributed by atoms with Gasteiger partial charge in [0.25, 0.3) is 11.5 Å². The Morgan fingerprint density at radius 2 is 2.05 bits per heavy atom. The van der Waals surface area contributed by atoms with Crippen LogP contribution in [0, 0.1) is 20.8 Å². The molecule has 0 fully saturated rings. The third-order valence-corrected chi connectivity index (χ3v) is 4.38. The van der Waals surface area contributed by atoms with Crippen LogP contribution in [0.2, 0.25) is 0 Å². The van der Waals surface area contributed by atoms with Crippen molar-refractivity contribution in [3.8, 4) is 0 Å². The van der Waals surface area contributed by atoms with Crippen LogP contribution < -0.4 is 10.9 Å². The van der Waals surface area contributed by atoms with Crippen molar-refractivity contribution in [3.05, 3.63) is 62.5 Å². The Hall–Kier alpha value is -2.47. The van der Waals surface area contributed by atoms with Crippen LogP contribution in [0.1, 0.15) is 27.3 Å². The lowest BCUT2D eigenvalue weighted by atomic mass is 10.1. The second-order valence-corrected chi connectivity index (χ2v) is 6.03. The predicted molar refractivity (Wildman–Crippen MR) is 87.9 cm³/mol. The van der Waals surface area contributed by atoms with Crippen LogP contribution in [0.5, 0.6) is 0 Å². The van der Waals surface area contributed by atoms with Gasteiger partial charge in [-0.05, 0) is 32.9 Å². The first-order valence-electron chi connectivity index (χ1n) is 6.83. The zero-order chi connectivity index (χ0) is 15.9. The minimum atomic E-state index is -0.307. The Balaban J connectivity index is 2.05. The highest BCUT2D eigenvalue weighted by molar-refractivity contribution is 7.15. The van der Waals surface area contributed by atoms with E-state index in [-0.39, 0.29) is 17.2 Å². The standard InChI is InChI=1S/C16H15N3O2S/c1-9-5-4-6-12(7-9)14(20)18-13-11(3)17-16-19(15(13)21)10(2)8-22-16/h4-8H,1-3H3,(H,18,20). The van der Waals surface area contributed by atoms with E-state index in [2.05, 4.69) is 10.3 Å². The van der Waals surface area contributed by atoms with Gasteiger partial charge in [0.15, 0.2) is 4.96 Å². The molecule has 0 saturated carbocycles. The third-order valence-electron chi connectivity index (χ3n) is 3.44. The average Bonchev–Trinajstić information content (AvgIpc) is 2.84. The van der Waals surface area contributed by atoms with Crippen molar-refractivity contribution in [2.24, 2.45) is 0 Å². The molecule has 3 aromatic rings. The molecule has 0 bridgehead atoms. The highest BCUT2D eigenvalue weighted by atomic mass is 32.1. The number of nitrogens with one attached hydrogen (secondary N) is 1. The summed E-state index contributed by atoms with van der Waals surface area (Å²) in [6.45, 7) is 5.48. The summed E-state index contributed by atoms with van der Waals surface area (Å²) in [5, 5.41) is 4.57. The molecule has 5 nitrogen and oxygen atoms in total. The van der Waals surface area contributed by atoms with Gasteiger partial charge in [0.05, 0.1) is 5.69 Å². The van der Waals surface area contributed by atoms with Gasteiger partial charge < -0.3 is 5.32 Å². The quantitative estimate of drug-likeness (QED) is 0.791. The lowest BCUT2D eigenvalue weighted by Gasteiger charge is -2.08. The molecular weight excluding hydrogens is 298 g/mol. The summed E-state index contributed by atoms with van der Waals surface area (Å²) < 4.78 is 1.52. The molecular formula is C16H15N3O2S. The van der Waals surface area contributed by atoms with Crippen molar-refractivity contribution in [1.82, 2.24) is 9.38 Å². The summed E-state index contributed by atoms with van der Waals surface area (Å²) in [5.74, 6) is -0.307. The van der Waals surface area contributed by atoms with Crippen LogP contribution in [0.15, 0.2) is 34.4 Å². The zero-order valence-electron chi connectivity index (χ0n) is 12.5. The fourth-order valence-electron chi connectivity index (χ4n) is 2.30. The zero-order valence-corrected chi connectivity index (χ0v) is 13.3. The van der Waals surface area contributed by atoms with Crippen LogP contribution >= 0.6 is 11.3 Å². The summed E-state index contributed by atoms with van der Waals surface area (Å²) >= 11 is 1.41. The van der Waals surface area contributed by atoms with Crippen LogP contribution in [0.25, 0.3) is 4.96 Å². The normalized spacial score (nSPS) is 10.9. The molecule has 112 valence electrons. The Bertz CT molecular complexity index is 940. The van der Waals surface area contributed by atoms with Gasteiger partial charge in [0, 0.05) is 16.6 Å². The summed E-state index contributed by atoms with van der Waals surface area (Å²) in [4.78, 5) is 29.9. The van der Waals surface area contributed by atoms with E-state index in [9.17, 15) is 9.59 Å². The number of anilines is 1. The second kappa shape index (κ2) is 5.38. The molecule has 0 saturated heterocycles. The van der Waals surface area contributed by atoms with Crippen molar-refractivity contribution < 1.29 is 4.79 Å². The molecule has 3 rings (SSSR count). The van der Waals surface area contributed by atoms with Crippen LogP contribution in [-0.4, -0.2) is 15.3 Å². The van der Waals surface area contributed by atoms with E-state index >= 15 is 0 Å². The first kappa shape index (κ1) is 14.5. The summed E-state index contributed by atoms with van der Waals surface area (Å²) in [6.07, 6.45) is 0. The first-order valence-corrected chi connectivity index (χ1v) is 7.71. The number of hydrogen-bond donors (Lipinski definition) is 1. The first-order chi connectivity index (χ1) is 10.5. The minimum Gasteiger partial charge on any atom is -0.316 e. The largest absolute Gasteiger partial charge is 0.316 e. The number of thiazole rings is 1. The van der Waals surface area contributed by atoms with E-state index < -0.39 is 0 Å². The molecule has 0 spiro atoms. The van der Waals surface area contributed by atoms with E-state index in [1.165, 1.54) is 15.7 Å². The van der Waals surface area contributed by atoms with E-state index in [4.69, 9.17) is 0 Å². The second-order valence-electron chi connectivity index (χ2n) is 5.20. The Kier molecular flexibility index (Phi) is 3.54. The number of rotatable bonds is 2. The number of benzene rings is 1. The third kappa shape index (κ3) is 2.42. The van der Waals surface area contributed by atoms with Gasteiger partial charge in [-0.3, -0.25) is 14.0 Å². The number of carbonyl (C=O) groups is 1. The maximum Gasteiger partial charge on any atom is 0.282 e. The molecule has 1 amide bonds. The number of hydrogen-bond acceptors (Lipinski definition) is 4. The van der Waals surface area contributed by atoms with Crippen LogP contribution in [-0.2, 0) is 0 Å². The fourth-order valence-corrected chi connectivity index (χ4v) is 3.20. The van der Waals surface area contributed by atoms with E-state index in [1.807, 2.05) is 31.4 Å². The SMILES string of the molecule is Cc1cccc(C(=O)Nc2c(C)nc3scc(C)n3c2=O)c1. The Labute approximate surface area is 131 Å². The monoisotopic (exact) mass is 313 g/mol. The van der Waals surface area contributed by atoms with Crippen molar-refractivity contribution >= 4 is 27.9 Å². The molecule has 22 heavy (non-hydrogen) atoms. The lowest BCUT2D eigenvalue weighted by Crippen LogP contribution is -2.25. The van der Waals surface area contributed by atoms with Crippen molar-refractivity contribution in [1.29, 1.82) is 0 Å². The van der Waals surface area contributed by atoms with Gasteiger partial charge >= 0.3 is 0 Å². The predicted octanol–water partition coefficient (Wildman–Crippen LogP) is 2.93. The average molecular weight is 313 g/mol. The minimum absolute atomic E-state index is 0.227. The van der Waals surface area contributed by atoms with Crippen molar-refractivity contribution in [2.45, 2.75) is 20.8 Å². The summed E-state index contributed by atoms with van der Waals surface area (Å²) in [5.41, 5.74) is 2.82. The molecule has 6 heteroatoms. The van der Waals surface area contributed by atoms with Gasteiger partial charge in [-0.1, -0.05) is 17.7 Å². The van der Waals surface area contributed by atoms with E-state index in [0.29, 0.717) is 16.2 Å². The number of aromatic nitrogens is 2. The van der Waals surface area contributed by atoms with Gasteiger partial charge in [0.1, 0.15) is 5.69 Å². The topological polar surface area (TPSA) is 63.5 Å². The fraction of sp³-hybridized carbons (Fsp3) is 0.188. The molecule has 0 aliphatic heterocycles.